The van der Waals surface area contributed by atoms with Crippen molar-refractivity contribution in [1.29, 1.82) is 0 Å². The number of fused-ring (bicyclic) bond motifs is 1. The highest BCUT2D eigenvalue weighted by Gasteiger charge is 2.10. The zero-order valence-corrected chi connectivity index (χ0v) is 14.0. The van der Waals surface area contributed by atoms with Gasteiger partial charge in [0.05, 0.1) is 5.70 Å². The van der Waals surface area contributed by atoms with Gasteiger partial charge in [-0.1, -0.05) is 42.5 Å². The fraction of sp³-hybridized carbons (Fsp3) is 0.211. The van der Waals surface area contributed by atoms with Crippen molar-refractivity contribution in [3.05, 3.63) is 71.3 Å². The number of aryl methyl sites for hydroxylation is 2. The molecule has 23 heavy (non-hydrogen) atoms. The van der Waals surface area contributed by atoms with Crippen molar-refractivity contribution in [1.82, 2.24) is 10.9 Å². The highest BCUT2D eigenvalue weighted by atomic mass is 32.1. The Morgan fingerprint density at radius 3 is 2.83 bits per heavy atom. The Labute approximate surface area is 142 Å². The molecule has 118 valence electrons. The van der Waals surface area contributed by atoms with E-state index in [9.17, 15) is 0 Å². The maximum atomic E-state index is 5.37. The fourth-order valence-electron chi connectivity index (χ4n) is 2.78. The summed E-state index contributed by atoms with van der Waals surface area (Å²) in [4.78, 5) is 0. The number of hydrazine groups is 1. The van der Waals surface area contributed by atoms with Crippen molar-refractivity contribution in [2.24, 2.45) is 0 Å². The average Bonchev–Trinajstić information content (AvgIpc) is 2.75. The standard InChI is InChI=1S/C19H21N3S/c1-14-7-6-10-16(13-14)20-19(23)22-21-18-12-5-3-9-15-8-2-4-11-17(15)18/h2,4,6-8,10-13,21H,3,5,9H2,1H3,(H2,20,22,23). The molecule has 1 aliphatic carbocycles. The first-order valence-corrected chi connectivity index (χ1v) is 8.31. The summed E-state index contributed by atoms with van der Waals surface area (Å²) in [5.74, 6) is 0. The summed E-state index contributed by atoms with van der Waals surface area (Å²) in [6, 6.07) is 16.7. The Bertz CT molecular complexity index is 737. The molecule has 3 nitrogen and oxygen atoms in total. The highest BCUT2D eigenvalue weighted by molar-refractivity contribution is 7.80. The number of thiocarbonyl (C=S) groups is 1. The lowest BCUT2D eigenvalue weighted by atomic mass is 10.0. The number of rotatable bonds is 3. The fourth-order valence-corrected chi connectivity index (χ4v) is 2.95. The van der Waals surface area contributed by atoms with E-state index in [1.165, 1.54) is 23.1 Å². The van der Waals surface area contributed by atoms with Gasteiger partial charge < -0.3 is 5.32 Å². The molecule has 0 aromatic heterocycles. The summed E-state index contributed by atoms with van der Waals surface area (Å²) >= 11 is 5.37. The maximum absolute atomic E-state index is 5.37. The minimum absolute atomic E-state index is 0.554. The maximum Gasteiger partial charge on any atom is 0.189 e. The summed E-state index contributed by atoms with van der Waals surface area (Å²) in [7, 11) is 0. The van der Waals surface area contributed by atoms with Crippen LogP contribution in [0.5, 0.6) is 0 Å². The van der Waals surface area contributed by atoms with Crippen LogP contribution in [-0.2, 0) is 6.42 Å². The van der Waals surface area contributed by atoms with Crippen LogP contribution in [0.4, 0.5) is 5.69 Å². The van der Waals surface area contributed by atoms with Gasteiger partial charge in [-0.2, -0.15) is 0 Å². The molecular formula is C19H21N3S. The van der Waals surface area contributed by atoms with E-state index in [0.717, 1.165) is 24.2 Å². The quantitative estimate of drug-likeness (QED) is 0.585. The van der Waals surface area contributed by atoms with E-state index < -0.39 is 0 Å². The Hall–Kier alpha value is -2.33. The molecule has 0 heterocycles. The molecule has 0 saturated heterocycles. The van der Waals surface area contributed by atoms with Gasteiger partial charge in [0.25, 0.3) is 0 Å². The van der Waals surface area contributed by atoms with Gasteiger partial charge in [0.15, 0.2) is 5.11 Å². The van der Waals surface area contributed by atoms with E-state index in [4.69, 9.17) is 12.2 Å². The van der Waals surface area contributed by atoms with Crippen molar-refractivity contribution in [3.63, 3.8) is 0 Å². The first-order valence-electron chi connectivity index (χ1n) is 7.90. The van der Waals surface area contributed by atoms with Crippen LogP contribution in [0.3, 0.4) is 0 Å². The van der Waals surface area contributed by atoms with E-state index in [1.54, 1.807) is 0 Å². The molecule has 0 bridgehead atoms. The topological polar surface area (TPSA) is 36.1 Å². The molecule has 0 unspecified atom stereocenters. The summed E-state index contributed by atoms with van der Waals surface area (Å²) in [6.07, 6.45) is 5.59. The van der Waals surface area contributed by atoms with E-state index in [2.05, 4.69) is 65.6 Å². The SMILES string of the molecule is Cc1cccc(NC(=S)NNC2=CCCCc3ccccc32)c1. The van der Waals surface area contributed by atoms with E-state index in [1.807, 2.05) is 12.1 Å². The van der Waals surface area contributed by atoms with Gasteiger partial charge in [0, 0.05) is 11.3 Å². The van der Waals surface area contributed by atoms with Crippen LogP contribution in [0, 0.1) is 6.92 Å². The zero-order valence-electron chi connectivity index (χ0n) is 13.2. The molecule has 0 fully saturated rings. The van der Waals surface area contributed by atoms with Crippen LogP contribution in [0.15, 0.2) is 54.6 Å². The molecule has 0 atom stereocenters. The van der Waals surface area contributed by atoms with E-state index >= 15 is 0 Å². The minimum Gasteiger partial charge on any atom is -0.331 e. The predicted octanol–water partition coefficient (Wildman–Crippen LogP) is 4.16. The summed E-state index contributed by atoms with van der Waals surface area (Å²) in [6.45, 7) is 2.06. The number of hydrogen-bond donors (Lipinski definition) is 3. The van der Waals surface area contributed by atoms with Gasteiger partial charge in [-0.05, 0) is 61.7 Å². The van der Waals surface area contributed by atoms with Crippen molar-refractivity contribution < 1.29 is 0 Å². The highest BCUT2D eigenvalue weighted by Crippen LogP contribution is 2.23. The number of nitrogens with one attached hydrogen (secondary N) is 3. The smallest absolute Gasteiger partial charge is 0.189 e. The van der Waals surface area contributed by atoms with Crippen molar-refractivity contribution >= 4 is 28.7 Å². The van der Waals surface area contributed by atoms with Crippen molar-refractivity contribution in [2.45, 2.75) is 26.2 Å². The molecule has 0 saturated carbocycles. The molecule has 0 aliphatic heterocycles. The average molecular weight is 323 g/mol. The van der Waals surface area contributed by atoms with Gasteiger partial charge in [-0.15, -0.1) is 0 Å². The van der Waals surface area contributed by atoms with Crippen LogP contribution >= 0.6 is 12.2 Å². The monoisotopic (exact) mass is 323 g/mol. The number of allylic oxidation sites excluding steroid dienone is 1. The summed E-state index contributed by atoms with van der Waals surface area (Å²) in [5, 5.41) is 3.75. The lowest BCUT2D eigenvalue weighted by Crippen LogP contribution is -2.39. The normalized spacial score (nSPS) is 13.3. The first kappa shape index (κ1) is 15.6. The van der Waals surface area contributed by atoms with Crippen LogP contribution in [0.25, 0.3) is 5.70 Å². The predicted molar refractivity (Wildman–Crippen MR) is 101 cm³/mol. The molecule has 4 heteroatoms. The molecule has 2 aromatic carbocycles. The Balaban J connectivity index is 1.64. The summed E-state index contributed by atoms with van der Waals surface area (Å²) < 4.78 is 0. The van der Waals surface area contributed by atoms with Crippen LogP contribution < -0.4 is 16.2 Å². The Morgan fingerprint density at radius 1 is 1.09 bits per heavy atom. The van der Waals surface area contributed by atoms with Gasteiger partial charge >= 0.3 is 0 Å². The first-order chi connectivity index (χ1) is 11.2. The van der Waals surface area contributed by atoms with Crippen molar-refractivity contribution in [3.8, 4) is 0 Å². The molecule has 0 amide bonds. The molecule has 0 spiro atoms. The number of anilines is 1. The van der Waals surface area contributed by atoms with Gasteiger partial charge in [-0.25, -0.2) is 0 Å². The third kappa shape index (κ3) is 4.11. The largest absolute Gasteiger partial charge is 0.331 e. The lowest BCUT2D eigenvalue weighted by molar-refractivity contribution is 0.839. The van der Waals surface area contributed by atoms with Gasteiger partial charge in [0.1, 0.15) is 0 Å². The molecule has 3 N–H and O–H groups in total. The van der Waals surface area contributed by atoms with E-state index in [0.29, 0.717) is 5.11 Å². The summed E-state index contributed by atoms with van der Waals surface area (Å²) in [5.41, 5.74) is 12.3. The molecule has 3 rings (SSSR count). The van der Waals surface area contributed by atoms with Gasteiger partial charge in [-0.3, -0.25) is 10.9 Å². The van der Waals surface area contributed by atoms with Crippen LogP contribution in [0.2, 0.25) is 0 Å². The number of benzene rings is 2. The Kier molecular flexibility index (Phi) is 4.93. The molecule has 2 aromatic rings. The third-order valence-electron chi connectivity index (χ3n) is 3.89. The minimum atomic E-state index is 0.554. The van der Waals surface area contributed by atoms with Crippen molar-refractivity contribution in [2.75, 3.05) is 5.32 Å². The van der Waals surface area contributed by atoms with Crippen LogP contribution in [0.1, 0.15) is 29.5 Å². The third-order valence-corrected chi connectivity index (χ3v) is 4.10. The number of hydrogen-bond acceptors (Lipinski definition) is 2. The lowest BCUT2D eigenvalue weighted by Gasteiger charge is -2.16. The zero-order chi connectivity index (χ0) is 16.1. The second-order valence-electron chi connectivity index (χ2n) is 5.74. The van der Waals surface area contributed by atoms with Crippen LogP contribution in [-0.4, -0.2) is 5.11 Å². The van der Waals surface area contributed by atoms with E-state index in [-0.39, 0.29) is 0 Å². The Morgan fingerprint density at radius 2 is 1.96 bits per heavy atom. The molecule has 1 aliphatic rings. The second-order valence-corrected chi connectivity index (χ2v) is 6.15. The second kappa shape index (κ2) is 7.29. The molecule has 0 radical (unpaired) electrons. The molecular weight excluding hydrogens is 302 g/mol. The van der Waals surface area contributed by atoms with Gasteiger partial charge in [0.2, 0.25) is 0 Å².